The summed E-state index contributed by atoms with van der Waals surface area (Å²) in [5.74, 6) is 0.375. The van der Waals surface area contributed by atoms with E-state index in [0.717, 1.165) is 132 Å². The third kappa shape index (κ3) is 11.5. The minimum atomic E-state index is -1.31. The molecule has 6 aromatic rings. The summed E-state index contributed by atoms with van der Waals surface area (Å²) >= 11 is 0. The SMILES string of the molecule is CN1CCN(c2ccc(N)cc2CO)CC1.CN1CCN(c2ccc(Nc3ncc4cc(C#N)c(=O)n(C5CCCC5)c4n3)cc2CO)CC1.CS(=O)c1ncc2cc(C#N)c(=O)n(C3CCCC3)c2n1. The van der Waals surface area contributed by atoms with Gasteiger partial charge in [0, 0.05) is 128 Å². The van der Waals surface area contributed by atoms with Crippen molar-refractivity contribution >= 4 is 61.6 Å². The van der Waals surface area contributed by atoms with Gasteiger partial charge >= 0.3 is 0 Å². The molecular formula is C51H62N14O5S. The highest BCUT2D eigenvalue weighted by Gasteiger charge is 2.25. The number of pyridine rings is 2. The molecule has 71 heavy (non-hydrogen) atoms. The van der Waals surface area contributed by atoms with Crippen LogP contribution in [0.3, 0.4) is 0 Å². The minimum absolute atomic E-state index is 0.0483. The minimum Gasteiger partial charge on any atom is -0.399 e. The first-order valence-corrected chi connectivity index (χ1v) is 25.8. The second kappa shape index (κ2) is 23.0. The highest BCUT2D eigenvalue weighted by Crippen LogP contribution is 2.33. The van der Waals surface area contributed by atoms with E-state index in [-0.39, 0.29) is 52.7 Å². The molecule has 2 aliphatic carbocycles. The number of nitrogen functional groups attached to an aromatic ring is 1. The average Bonchev–Trinajstić information content (AvgIpc) is 4.13. The zero-order valence-corrected chi connectivity index (χ0v) is 41.4. The van der Waals surface area contributed by atoms with E-state index in [4.69, 9.17) is 11.0 Å². The Bertz CT molecular complexity index is 3100. The fourth-order valence-corrected chi connectivity index (χ4v) is 10.4. The Morgan fingerprint density at radius 3 is 1.62 bits per heavy atom. The first-order chi connectivity index (χ1) is 34.4. The Morgan fingerprint density at radius 2 is 1.14 bits per heavy atom. The molecule has 0 bridgehead atoms. The summed E-state index contributed by atoms with van der Waals surface area (Å²) < 4.78 is 14.9. The maximum Gasteiger partial charge on any atom is 0.270 e. The van der Waals surface area contributed by atoms with E-state index in [1.165, 1.54) is 18.5 Å². The Kier molecular flexibility index (Phi) is 16.3. The van der Waals surface area contributed by atoms with Gasteiger partial charge in [-0.3, -0.25) is 22.9 Å². The number of nitrogens with two attached hydrogens (primary N) is 1. The highest BCUT2D eigenvalue weighted by atomic mass is 32.2. The molecule has 2 saturated carbocycles. The summed E-state index contributed by atoms with van der Waals surface area (Å²) in [7, 11) is 2.94. The third-order valence-electron chi connectivity index (χ3n) is 13.9. The summed E-state index contributed by atoms with van der Waals surface area (Å²) in [6.45, 7) is 7.96. The summed E-state index contributed by atoms with van der Waals surface area (Å²) in [5.41, 5.74) is 11.8. The van der Waals surface area contributed by atoms with Crippen molar-refractivity contribution in [1.82, 2.24) is 38.9 Å². The molecule has 4 fully saturated rings. The van der Waals surface area contributed by atoms with Gasteiger partial charge in [0.1, 0.15) is 34.6 Å². The van der Waals surface area contributed by atoms with E-state index < -0.39 is 10.8 Å². The molecule has 4 aliphatic rings. The molecular weight excluding hydrogens is 921 g/mol. The number of nitrogens with one attached hydrogen (secondary N) is 1. The zero-order chi connectivity index (χ0) is 50.2. The lowest BCUT2D eigenvalue weighted by Crippen LogP contribution is -2.44. The van der Waals surface area contributed by atoms with Crippen LogP contribution in [-0.4, -0.2) is 126 Å². The van der Waals surface area contributed by atoms with E-state index in [1.807, 2.05) is 48.5 Å². The number of aromatic nitrogens is 6. The predicted octanol–water partition coefficient (Wildman–Crippen LogP) is 4.79. The Hall–Kier alpha value is -6.81. The molecule has 1 atom stereocenters. The zero-order valence-electron chi connectivity index (χ0n) is 40.6. The number of nitriles is 2. The number of hydrogen-bond donors (Lipinski definition) is 4. The first kappa shape index (κ1) is 50.6. The van der Waals surface area contributed by atoms with Gasteiger partial charge in [0.25, 0.3) is 11.1 Å². The number of aliphatic hydroxyl groups excluding tert-OH is 2. The molecule has 0 amide bonds. The van der Waals surface area contributed by atoms with E-state index in [2.05, 4.69) is 58.9 Å². The second-order valence-corrected chi connectivity index (χ2v) is 20.0. The molecule has 0 spiro atoms. The van der Waals surface area contributed by atoms with Crippen LogP contribution in [0, 0.1) is 22.7 Å². The highest BCUT2D eigenvalue weighted by molar-refractivity contribution is 7.84. The number of anilines is 5. The summed E-state index contributed by atoms with van der Waals surface area (Å²) in [6, 6.07) is 18.8. The smallest absolute Gasteiger partial charge is 0.270 e. The monoisotopic (exact) mass is 982 g/mol. The van der Waals surface area contributed by atoms with Gasteiger partial charge in [-0.2, -0.15) is 15.5 Å². The van der Waals surface area contributed by atoms with Gasteiger partial charge < -0.3 is 40.9 Å². The van der Waals surface area contributed by atoms with Gasteiger partial charge in [-0.1, -0.05) is 25.7 Å². The lowest BCUT2D eigenvalue weighted by molar-refractivity contribution is 0.280. The molecule has 2 aromatic carbocycles. The standard InChI is InChI=1S/C25H29N7O2.C14H14N4O2S.C12H19N3O/c1-30-8-10-31(11-9-30)22-7-6-20(13-19(22)16-33)28-25-27-15-18-12-17(14-26)24(34)32(23(18)29-25)21-4-2-3-5-21;1-21(20)14-16-8-10-6-9(7-15)13(19)18(12(10)17-14)11-4-2-3-5-11;1-14-4-6-15(7-5-14)12-3-2-11(13)8-10(12)9-16/h6-7,12-13,15,21,33H,2-5,8-11,16H2,1H3,(H,27,28,29);6,8,11H,2-5H2,1H3;2-3,8,16H,4-7,9,13H2,1H3. The Balaban J connectivity index is 0.000000156. The largest absolute Gasteiger partial charge is 0.399 e. The van der Waals surface area contributed by atoms with Crippen LogP contribution in [0.15, 0.2) is 75.7 Å². The number of rotatable bonds is 9. The second-order valence-electron chi connectivity index (χ2n) is 18.7. The van der Waals surface area contributed by atoms with Crippen molar-refractivity contribution in [1.29, 1.82) is 10.5 Å². The number of hydrogen-bond acceptors (Lipinski definition) is 17. The summed E-state index contributed by atoms with van der Waals surface area (Å²) in [4.78, 5) is 52.1. The van der Waals surface area contributed by atoms with Crippen LogP contribution < -0.4 is 32.0 Å². The van der Waals surface area contributed by atoms with Crippen LogP contribution in [0.2, 0.25) is 0 Å². The fourth-order valence-electron chi connectivity index (χ4n) is 9.95. The lowest BCUT2D eigenvalue weighted by Gasteiger charge is -2.35. The molecule has 0 radical (unpaired) electrons. The number of piperazine rings is 2. The maximum absolute atomic E-state index is 13.0. The molecule has 1 unspecified atom stereocenters. The number of benzene rings is 2. The van der Waals surface area contributed by atoms with Gasteiger partial charge in [-0.25, -0.2) is 15.0 Å². The molecule has 4 aromatic heterocycles. The number of fused-ring (bicyclic) bond motifs is 2. The predicted molar refractivity (Wildman–Crippen MR) is 276 cm³/mol. The van der Waals surface area contributed by atoms with Crippen molar-refractivity contribution in [2.24, 2.45) is 0 Å². The van der Waals surface area contributed by atoms with Crippen LogP contribution in [0.5, 0.6) is 0 Å². The molecule has 5 N–H and O–H groups in total. The lowest BCUT2D eigenvalue weighted by atomic mass is 10.1. The topological polar surface area (TPSA) is 252 Å². The van der Waals surface area contributed by atoms with Crippen LogP contribution >= 0.6 is 0 Å². The molecule has 19 nitrogen and oxygen atoms in total. The van der Waals surface area contributed by atoms with Crippen LogP contribution in [0.1, 0.15) is 85.7 Å². The average molecular weight is 983 g/mol. The van der Waals surface area contributed by atoms with Crippen LogP contribution in [-0.2, 0) is 24.0 Å². The number of aliphatic hydroxyl groups is 2. The molecule has 6 heterocycles. The fraction of sp³-hybridized carbons (Fsp3) is 0.451. The molecule has 2 saturated heterocycles. The summed E-state index contributed by atoms with van der Waals surface area (Å²) in [5, 5.41) is 42.7. The molecule has 2 aliphatic heterocycles. The van der Waals surface area contributed by atoms with Crippen molar-refractivity contribution in [3.05, 3.63) is 104 Å². The van der Waals surface area contributed by atoms with Crippen molar-refractivity contribution < 1.29 is 14.4 Å². The Morgan fingerprint density at radius 1 is 0.676 bits per heavy atom. The van der Waals surface area contributed by atoms with Gasteiger partial charge in [0.15, 0.2) is 0 Å². The van der Waals surface area contributed by atoms with E-state index in [0.29, 0.717) is 33.7 Å². The van der Waals surface area contributed by atoms with Gasteiger partial charge in [-0.15, -0.1) is 0 Å². The van der Waals surface area contributed by atoms with E-state index in [1.54, 1.807) is 21.4 Å². The summed E-state index contributed by atoms with van der Waals surface area (Å²) in [6.07, 6.45) is 12.6. The molecule has 10 rings (SSSR count). The normalized spacial score (nSPS) is 17.3. The van der Waals surface area contributed by atoms with E-state index >= 15 is 0 Å². The molecule has 372 valence electrons. The van der Waals surface area contributed by atoms with Crippen molar-refractivity contribution in [3.63, 3.8) is 0 Å². The van der Waals surface area contributed by atoms with Crippen molar-refractivity contribution in [2.45, 2.75) is 81.8 Å². The van der Waals surface area contributed by atoms with Crippen LogP contribution in [0.4, 0.5) is 28.7 Å². The van der Waals surface area contributed by atoms with Gasteiger partial charge in [0.2, 0.25) is 11.1 Å². The van der Waals surface area contributed by atoms with Crippen molar-refractivity contribution in [3.8, 4) is 12.1 Å². The molecule has 20 heteroatoms. The quantitative estimate of drug-likeness (QED) is 0.112. The van der Waals surface area contributed by atoms with E-state index in [9.17, 15) is 29.3 Å². The first-order valence-electron chi connectivity index (χ1n) is 24.2. The van der Waals surface area contributed by atoms with Gasteiger partial charge in [-0.05, 0) is 88.3 Å². The number of nitrogens with zero attached hydrogens (tertiary/aromatic N) is 12. The number of likely N-dealkylation sites (N-methyl/N-ethyl adjacent to an activating group) is 2. The van der Waals surface area contributed by atoms with Gasteiger partial charge in [0.05, 0.1) is 24.0 Å². The third-order valence-corrected chi connectivity index (χ3v) is 14.6. The van der Waals surface area contributed by atoms with Crippen molar-refractivity contribution in [2.75, 3.05) is 93.6 Å². The Labute approximate surface area is 415 Å². The maximum atomic E-state index is 13.0. The van der Waals surface area contributed by atoms with Crippen LogP contribution in [0.25, 0.3) is 22.1 Å².